The highest BCUT2D eigenvalue weighted by atomic mass is 32.1. The summed E-state index contributed by atoms with van der Waals surface area (Å²) in [5.41, 5.74) is 14.4. The third-order valence-electron chi connectivity index (χ3n) is 11.2. The molecule has 7 aromatic carbocycles. The predicted molar refractivity (Wildman–Crippen MR) is 207 cm³/mol. The van der Waals surface area contributed by atoms with E-state index in [4.69, 9.17) is 0 Å². The standard InChI is InChI=1S/C46H35NS/c1-45(2)37-20-12-10-16-31(37)32-24-22-29(26-38(32)45)47(28-14-6-5-7-15-28)30-23-25-35-39(27-30)46(3,4)43-41(35)33-17-8-9-18-34(33)44-42(43)36-19-11-13-21-40(36)48-44/h5-27H,1-4H3. The van der Waals surface area contributed by atoms with Crippen molar-refractivity contribution >= 4 is 59.3 Å². The summed E-state index contributed by atoms with van der Waals surface area (Å²) in [6, 6.07) is 52.1. The van der Waals surface area contributed by atoms with Gasteiger partial charge in [-0.2, -0.15) is 0 Å². The average Bonchev–Trinajstić information content (AvgIpc) is 3.69. The van der Waals surface area contributed by atoms with Gasteiger partial charge < -0.3 is 4.90 Å². The lowest BCUT2D eigenvalue weighted by Crippen LogP contribution is -2.18. The van der Waals surface area contributed by atoms with Gasteiger partial charge in [0, 0.05) is 53.5 Å². The highest BCUT2D eigenvalue weighted by molar-refractivity contribution is 7.26. The van der Waals surface area contributed by atoms with Crippen molar-refractivity contribution in [2.24, 2.45) is 0 Å². The molecule has 0 bridgehead atoms. The van der Waals surface area contributed by atoms with Crippen LogP contribution in [-0.4, -0.2) is 0 Å². The molecule has 1 heterocycles. The fraction of sp³-hybridized carbons (Fsp3) is 0.130. The third-order valence-corrected chi connectivity index (χ3v) is 12.4. The van der Waals surface area contributed by atoms with Crippen LogP contribution in [0.25, 0.3) is 53.2 Å². The number of benzene rings is 7. The Hall–Kier alpha value is -5.18. The molecular formula is C46H35NS. The molecule has 48 heavy (non-hydrogen) atoms. The van der Waals surface area contributed by atoms with Crippen molar-refractivity contribution in [1.82, 2.24) is 0 Å². The minimum Gasteiger partial charge on any atom is -0.310 e. The second-order valence-corrected chi connectivity index (χ2v) is 15.6. The average molecular weight is 634 g/mol. The second kappa shape index (κ2) is 9.69. The van der Waals surface area contributed by atoms with Gasteiger partial charge in [-0.25, -0.2) is 0 Å². The van der Waals surface area contributed by atoms with Crippen LogP contribution in [0, 0.1) is 0 Å². The van der Waals surface area contributed by atoms with Crippen molar-refractivity contribution in [3.63, 3.8) is 0 Å². The van der Waals surface area contributed by atoms with Gasteiger partial charge in [0.2, 0.25) is 0 Å². The van der Waals surface area contributed by atoms with Crippen LogP contribution in [-0.2, 0) is 10.8 Å². The van der Waals surface area contributed by atoms with Crippen molar-refractivity contribution in [2.45, 2.75) is 38.5 Å². The van der Waals surface area contributed by atoms with Crippen molar-refractivity contribution in [2.75, 3.05) is 4.90 Å². The number of anilines is 3. The quantitative estimate of drug-likeness (QED) is 0.187. The second-order valence-electron chi connectivity index (χ2n) is 14.5. The summed E-state index contributed by atoms with van der Waals surface area (Å²) in [7, 11) is 0. The highest BCUT2D eigenvalue weighted by Crippen LogP contribution is 2.58. The zero-order valence-corrected chi connectivity index (χ0v) is 28.5. The van der Waals surface area contributed by atoms with Gasteiger partial charge >= 0.3 is 0 Å². The van der Waals surface area contributed by atoms with Crippen molar-refractivity contribution in [3.8, 4) is 22.3 Å². The fourth-order valence-electron chi connectivity index (χ4n) is 8.94. The van der Waals surface area contributed by atoms with Crippen molar-refractivity contribution in [3.05, 3.63) is 162 Å². The topological polar surface area (TPSA) is 3.24 Å². The van der Waals surface area contributed by atoms with Crippen LogP contribution in [0.3, 0.4) is 0 Å². The number of para-hydroxylation sites is 1. The molecule has 230 valence electrons. The maximum Gasteiger partial charge on any atom is 0.0465 e. The maximum absolute atomic E-state index is 2.48. The number of fused-ring (bicyclic) bond motifs is 13. The summed E-state index contributed by atoms with van der Waals surface area (Å²) in [6.07, 6.45) is 0. The summed E-state index contributed by atoms with van der Waals surface area (Å²) < 4.78 is 2.76. The lowest BCUT2D eigenvalue weighted by molar-refractivity contribution is 0.660. The molecule has 0 saturated heterocycles. The van der Waals surface area contributed by atoms with Crippen LogP contribution < -0.4 is 4.90 Å². The predicted octanol–water partition coefficient (Wildman–Crippen LogP) is 13.3. The first-order valence-electron chi connectivity index (χ1n) is 16.9. The van der Waals surface area contributed by atoms with E-state index >= 15 is 0 Å². The first-order chi connectivity index (χ1) is 23.3. The van der Waals surface area contributed by atoms with E-state index in [0.717, 1.165) is 5.69 Å². The Labute approximate surface area is 285 Å². The SMILES string of the molecule is CC1(C)c2ccccc2-c2ccc(N(c3ccccc3)c3ccc4c(c3)C(C)(C)c3c-4c4ccccc4c4sc5ccccc5c34)cc21. The van der Waals surface area contributed by atoms with Crippen LogP contribution in [0.1, 0.15) is 49.9 Å². The molecule has 0 spiro atoms. The Kier molecular flexibility index (Phi) is 5.63. The van der Waals surface area contributed by atoms with E-state index < -0.39 is 0 Å². The van der Waals surface area contributed by atoms with E-state index in [2.05, 4.69) is 172 Å². The molecule has 2 aliphatic rings. The van der Waals surface area contributed by atoms with E-state index in [1.54, 1.807) is 0 Å². The van der Waals surface area contributed by atoms with Gasteiger partial charge in [-0.05, 0) is 92.4 Å². The number of hydrogen-bond acceptors (Lipinski definition) is 2. The molecule has 0 amide bonds. The fourth-order valence-corrected chi connectivity index (χ4v) is 10.2. The smallest absolute Gasteiger partial charge is 0.0465 e. The Bertz CT molecular complexity index is 2620. The normalized spacial score (nSPS) is 15.0. The molecule has 0 fully saturated rings. The molecule has 1 aromatic heterocycles. The monoisotopic (exact) mass is 633 g/mol. The lowest BCUT2D eigenvalue weighted by atomic mass is 9.79. The van der Waals surface area contributed by atoms with Crippen LogP contribution in [0.4, 0.5) is 17.1 Å². The van der Waals surface area contributed by atoms with Crippen LogP contribution in [0.15, 0.2) is 140 Å². The van der Waals surface area contributed by atoms with E-state index in [1.807, 2.05) is 11.3 Å². The summed E-state index contributed by atoms with van der Waals surface area (Å²) in [4.78, 5) is 2.45. The summed E-state index contributed by atoms with van der Waals surface area (Å²) in [6.45, 7) is 9.60. The van der Waals surface area contributed by atoms with Crippen LogP contribution in [0.5, 0.6) is 0 Å². The zero-order chi connectivity index (χ0) is 32.4. The molecule has 8 aromatic rings. The molecule has 0 N–H and O–H groups in total. The number of hydrogen-bond donors (Lipinski definition) is 0. The third kappa shape index (κ3) is 3.61. The largest absolute Gasteiger partial charge is 0.310 e. The van der Waals surface area contributed by atoms with Crippen molar-refractivity contribution < 1.29 is 0 Å². The molecule has 0 unspecified atom stereocenters. The zero-order valence-electron chi connectivity index (χ0n) is 27.6. The molecule has 0 atom stereocenters. The molecule has 0 radical (unpaired) electrons. The maximum atomic E-state index is 2.48. The first-order valence-corrected chi connectivity index (χ1v) is 17.8. The number of rotatable bonds is 3. The molecule has 0 saturated carbocycles. The molecular weight excluding hydrogens is 599 g/mol. The minimum atomic E-state index is -0.184. The number of nitrogens with zero attached hydrogens (tertiary/aromatic N) is 1. The Morgan fingerprint density at radius 1 is 0.458 bits per heavy atom. The Morgan fingerprint density at radius 2 is 1.04 bits per heavy atom. The van der Waals surface area contributed by atoms with E-state index in [0.29, 0.717) is 0 Å². The molecule has 2 aliphatic carbocycles. The van der Waals surface area contributed by atoms with Crippen molar-refractivity contribution in [1.29, 1.82) is 0 Å². The first kappa shape index (κ1) is 27.9. The van der Waals surface area contributed by atoms with Gasteiger partial charge in [-0.1, -0.05) is 125 Å². The summed E-state index contributed by atoms with van der Waals surface area (Å²) in [5.74, 6) is 0. The molecule has 2 heteroatoms. The van der Waals surface area contributed by atoms with Gasteiger partial charge in [0.1, 0.15) is 0 Å². The van der Waals surface area contributed by atoms with Crippen LogP contribution >= 0.6 is 11.3 Å². The van der Waals surface area contributed by atoms with Gasteiger partial charge in [0.25, 0.3) is 0 Å². The lowest BCUT2D eigenvalue weighted by Gasteiger charge is -2.29. The summed E-state index contributed by atoms with van der Waals surface area (Å²) >= 11 is 1.94. The minimum absolute atomic E-state index is 0.0679. The van der Waals surface area contributed by atoms with Gasteiger partial charge in [0.15, 0.2) is 0 Å². The number of thiophene rings is 1. The molecule has 0 aliphatic heterocycles. The van der Waals surface area contributed by atoms with E-state index in [-0.39, 0.29) is 10.8 Å². The van der Waals surface area contributed by atoms with Gasteiger partial charge in [0.05, 0.1) is 0 Å². The van der Waals surface area contributed by atoms with E-state index in [9.17, 15) is 0 Å². The van der Waals surface area contributed by atoms with Crippen LogP contribution in [0.2, 0.25) is 0 Å². The molecule has 1 nitrogen and oxygen atoms in total. The Morgan fingerprint density at radius 3 is 1.81 bits per heavy atom. The summed E-state index contributed by atoms with van der Waals surface area (Å²) in [5, 5.41) is 5.50. The highest BCUT2D eigenvalue weighted by Gasteiger charge is 2.40. The van der Waals surface area contributed by atoms with Gasteiger partial charge in [-0.3, -0.25) is 0 Å². The van der Waals surface area contributed by atoms with E-state index in [1.165, 1.54) is 86.8 Å². The Balaban J connectivity index is 1.21. The van der Waals surface area contributed by atoms with Gasteiger partial charge in [-0.15, -0.1) is 11.3 Å². The molecule has 10 rings (SSSR count).